The van der Waals surface area contributed by atoms with E-state index in [4.69, 9.17) is 0 Å². The number of pyridine rings is 2. The van der Waals surface area contributed by atoms with E-state index in [1.54, 1.807) is 0 Å². The smallest absolute Gasteiger partial charge is 0.0964 e. The maximum atomic E-state index is 4.64. The zero-order valence-electron chi connectivity index (χ0n) is 10.1. The molecule has 2 aromatic rings. The van der Waals surface area contributed by atoms with Gasteiger partial charge in [0.05, 0.1) is 11.4 Å². The maximum Gasteiger partial charge on any atom is 0.0964 e. The molecule has 3 rings (SSSR count). The highest BCUT2D eigenvalue weighted by Gasteiger charge is 2.15. The van der Waals surface area contributed by atoms with E-state index >= 15 is 0 Å². The molecule has 2 nitrogen and oxygen atoms in total. The van der Waals surface area contributed by atoms with Gasteiger partial charge in [-0.1, -0.05) is 23.8 Å². The van der Waals surface area contributed by atoms with Gasteiger partial charge < -0.3 is 0 Å². The van der Waals surface area contributed by atoms with Crippen molar-refractivity contribution >= 4 is 6.08 Å². The van der Waals surface area contributed by atoms with Crippen LogP contribution >= 0.6 is 0 Å². The summed E-state index contributed by atoms with van der Waals surface area (Å²) in [7, 11) is 0. The Labute approximate surface area is 101 Å². The molecule has 0 aromatic carbocycles. The van der Waals surface area contributed by atoms with Crippen molar-refractivity contribution in [1.29, 1.82) is 0 Å². The molecule has 0 unspecified atom stereocenters. The van der Waals surface area contributed by atoms with Crippen LogP contribution < -0.4 is 0 Å². The third-order valence-electron chi connectivity index (χ3n) is 3.05. The van der Waals surface area contributed by atoms with E-state index in [-0.39, 0.29) is 0 Å². The Kier molecular flexibility index (Phi) is 2.29. The molecular weight excluding hydrogens is 208 g/mol. The highest BCUT2D eigenvalue weighted by molar-refractivity contribution is 5.75. The number of fused-ring (bicyclic) bond motifs is 3. The van der Waals surface area contributed by atoms with Crippen LogP contribution in [0.3, 0.4) is 0 Å². The largest absolute Gasteiger partial charge is 0.254 e. The van der Waals surface area contributed by atoms with Crippen LogP contribution in [0, 0.1) is 6.92 Å². The van der Waals surface area contributed by atoms with Crippen molar-refractivity contribution < 1.29 is 0 Å². The first-order valence-electron chi connectivity index (χ1n) is 5.83. The van der Waals surface area contributed by atoms with Crippen LogP contribution in [-0.4, -0.2) is 9.97 Å². The fourth-order valence-electron chi connectivity index (χ4n) is 2.28. The predicted octanol–water partition coefficient (Wildman–Crippen LogP) is 3.41. The number of hydrogen-bond donors (Lipinski definition) is 0. The normalized spacial score (nSPS) is 13.4. The van der Waals surface area contributed by atoms with Gasteiger partial charge in [0.15, 0.2) is 0 Å². The Balaban J connectivity index is 2.34. The molecule has 0 saturated heterocycles. The van der Waals surface area contributed by atoms with E-state index in [1.807, 2.05) is 19.2 Å². The number of hydrogen-bond acceptors (Lipinski definition) is 2. The molecule has 0 N–H and O–H groups in total. The second-order valence-electron chi connectivity index (χ2n) is 4.57. The maximum absolute atomic E-state index is 4.64. The van der Waals surface area contributed by atoms with Gasteiger partial charge in [0, 0.05) is 17.5 Å². The monoisotopic (exact) mass is 222 g/mol. The third kappa shape index (κ3) is 1.76. The fraction of sp³-hybridized carbons (Fsp3) is 0.200. The summed E-state index contributed by atoms with van der Waals surface area (Å²) in [6.45, 7) is 4.18. The van der Waals surface area contributed by atoms with Crippen LogP contribution in [-0.2, 0) is 6.42 Å². The molecule has 0 saturated carbocycles. The van der Waals surface area contributed by atoms with Crippen LogP contribution in [0.15, 0.2) is 36.0 Å². The summed E-state index contributed by atoms with van der Waals surface area (Å²) in [6, 6.07) is 8.31. The number of aromatic nitrogens is 2. The van der Waals surface area contributed by atoms with Crippen LogP contribution in [0.25, 0.3) is 17.5 Å². The molecule has 2 heteroatoms. The van der Waals surface area contributed by atoms with Crippen molar-refractivity contribution in [1.82, 2.24) is 9.97 Å². The predicted molar refractivity (Wildman–Crippen MR) is 69.6 cm³/mol. The molecule has 2 heterocycles. The number of nitrogens with zero attached hydrogens (tertiary/aromatic N) is 2. The molecule has 1 aliphatic rings. The van der Waals surface area contributed by atoms with Crippen molar-refractivity contribution in [2.45, 2.75) is 20.3 Å². The summed E-state index contributed by atoms with van der Waals surface area (Å²) in [6.07, 6.45) is 5.01. The van der Waals surface area contributed by atoms with Crippen LogP contribution in [0.5, 0.6) is 0 Å². The molecular formula is C15H14N2. The first-order chi connectivity index (χ1) is 8.24. The summed E-state index contributed by atoms with van der Waals surface area (Å²) in [5.41, 5.74) is 6.86. The number of aryl methyl sites for hydroxylation is 1. The van der Waals surface area contributed by atoms with E-state index in [2.05, 4.69) is 41.2 Å². The molecule has 84 valence electrons. The minimum Gasteiger partial charge on any atom is -0.254 e. The molecule has 0 fully saturated rings. The zero-order valence-corrected chi connectivity index (χ0v) is 10.1. The average Bonchev–Trinajstić information content (AvgIpc) is 2.45. The lowest BCUT2D eigenvalue weighted by molar-refractivity contribution is 1.12. The lowest BCUT2D eigenvalue weighted by Crippen LogP contribution is -1.95. The van der Waals surface area contributed by atoms with E-state index in [9.17, 15) is 0 Å². The summed E-state index contributed by atoms with van der Waals surface area (Å²) < 4.78 is 0. The van der Waals surface area contributed by atoms with Crippen LogP contribution in [0.4, 0.5) is 0 Å². The molecule has 0 spiro atoms. The molecule has 0 aliphatic heterocycles. The molecule has 1 aliphatic carbocycles. The third-order valence-corrected chi connectivity index (χ3v) is 3.05. The minimum atomic E-state index is 0.957. The van der Waals surface area contributed by atoms with Gasteiger partial charge in [-0.25, -0.2) is 0 Å². The Morgan fingerprint density at radius 1 is 1.06 bits per heavy atom. The second kappa shape index (κ2) is 3.81. The second-order valence-corrected chi connectivity index (χ2v) is 4.57. The van der Waals surface area contributed by atoms with Gasteiger partial charge in [-0.2, -0.15) is 0 Å². The topological polar surface area (TPSA) is 25.8 Å². The Bertz CT molecular complexity index is 612. The SMILES string of the molecule is CC1=Cc2ccc(C)nc2-c2ncccc2C1. The van der Waals surface area contributed by atoms with Gasteiger partial charge in [0.2, 0.25) is 0 Å². The Morgan fingerprint density at radius 2 is 1.94 bits per heavy atom. The molecule has 0 amide bonds. The van der Waals surface area contributed by atoms with Crippen molar-refractivity contribution in [2.75, 3.05) is 0 Å². The summed E-state index contributed by atoms with van der Waals surface area (Å²) in [5, 5.41) is 0. The summed E-state index contributed by atoms with van der Waals surface area (Å²) in [4.78, 5) is 9.14. The van der Waals surface area contributed by atoms with E-state index in [0.717, 1.165) is 23.5 Å². The summed E-state index contributed by atoms with van der Waals surface area (Å²) in [5.74, 6) is 0. The fourth-order valence-corrected chi connectivity index (χ4v) is 2.28. The number of rotatable bonds is 0. The molecule has 0 atom stereocenters. The lowest BCUT2D eigenvalue weighted by Gasteiger charge is -2.07. The minimum absolute atomic E-state index is 0.957. The quantitative estimate of drug-likeness (QED) is 0.682. The molecule has 2 aromatic heterocycles. The van der Waals surface area contributed by atoms with Crippen LogP contribution in [0.1, 0.15) is 23.7 Å². The van der Waals surface area contributed by atoms with Crippen molar-refractivity contribution in [2.24, 2.45) is 0 Å². The van der Waals surface area contributed by atoms with Gasteiger partial charge >= 0.3 is 0 Å². The van der Waals surface area contributed by atoms with Crippen LogP contribution in [0.2, 0.25) is 0 Å². The van der Waals surface area contributed by atoms with Gasteiger partial charge in [-0.15, -0.1) is 0 Å². The van der Waals surface area contributed by atoms with Crippen molar-refractivity contribution in [3.8, 4) is 11.4 Å². The highest BCUT2D eigenvalue weighted by atomic mass is 14.8. The Hall–Kier alpha value is -1.96. The lowest BCUT2D eigenvalue weighted by atomic mass is 10.1. The van der Waals surface area contributed by atoms with Crippen molar-refractivity contribution in [3.05, 3.63) is 52.9 Å². The van der Waals surface area contributed by atoms with Crippen molar-refractivity contribution in [3.63, 3.8) is 0 Å². The van der Waals surface area contributed by atoms with E-state index in [0.29, 0.717) is 0 Å². The zero-order chi connectivity index (χ0) is 11.8. The molecule has 0 radical (unpaired) electrons. The average molecular weight is 222 g/mol. The Morgan fingerprint density at radius 3 is 2.82 bits per heavy atom. The van der Waals surface area contributed by atoms with E-state index in [1.165, 1.54) is 16.7 Å². The first kappa shape index (κ1) is 10.2. The first-order valence-corrected chi connectivity index (χ1v) is 5.83. The summed E-state index contributed by atoms with van der Waals surface area (Å²) >= 11 is 0. The standard InChI is InChI=1S/C15H14N2/c1-10-8-12-4-3-7-16-14(12)15-13(9-10)6-5-11(2)17-15/h3-7,9H,8H2,1-2H3. The highest BCUT2D eigenvalue weighted by Crippen LogP contribution is 2.30. The molecule has 17 heavy (non-hydrogen) atoms. The number of allylic oxidation sites excluding steroid dienone is 1. The van der Waals surface area contributed by atoms with Gasteiger partial charge in [0.1, 0.15) is 0 Å². The van der Waals surface area contributed by atoms with Gasteiger partial charge in [0.25, 0.3) is 0 Å². The van der Waals surface area contributed by atoms with Gasteiger partial charge in [-0.05, 0) is 38.0 Å². The van der Waals surface area contributed by atoms with E-state index < -0.39 is 0 Å². The van der Waals surface area contributed by atoms with Gasteiger partial charge in [-0.3, -0.25) is 9.97 Å². The molecule has 0 bridgehead atoms.